The summed E-state index contributed by atoms with van der Waals surface area (Å²) < 4.78 is 165. The summed E-state index contributed by atoms with van der Waals surface area (Å²) >= 11 is 0. The lowest BCUT2D eigenvalue weighted by Crippen LogP contribution is -2.47. The van der Waals surface area contributed by atoms with E-state index in [1.165, 1.54) is 11.0 Å². The van der Waals surface area contributed by atoms with Crippen LogP contribution in [-0.2, 0) is 24.4 Å². The Morgan fingerprint density at radius 1 is 0.714 bits per heavy atom. The van der Waals surface area contributed by atoms with Crippen molar-refractivity contribution in [3.63, 3.8) is 0 Å². The largest absolute Gasteiger partial charge is 0.444 e. The van der Waals surface area contributed by atoms with E-state index in [-0.39, 0.29) is 51.9 Å². The fraction of sp³-hybridized carbons (Fsp3) is 0.581. The van der Waals surface area contributed by atoms with E-state index < -0.39 is 87.5 Å². The Hall–Kier alpha value is -2.99. The second-order valence-electron chi connectivity index (χ2n) is 12.6. The molecule has 18 heteroatoms. The van der Waals surface area contributed by atoms with Crippen LogP contribution in [0.15, 0.2) is 58.3 Å². The smallest absolute Gasteiger partial charge is 0.410 e. The summed E-state index contributed by atoms with van der Waals surface area (Å²) in [5, 5.41) is -5.43. The van der Waals surface area contributed by atoms with Gasteiger partial charge in [0.2, 0.25) is 19.7 Å². The minimum atomic E-state index is -5.33. The number of nitrogens with one attached hydrogen (secondary N) is 1. The van der Waals surface area contributed by atoms with Gasteiger partial charge < -0.3 is 15.0 Å². The number of hydrogen-bond donors (Lipinski definition) is 1. The van der Waals surface area contributed by atoms with Crippen molar-refractivity contribution in [2.24, 2.45) is 11.8 Å². The van der Waals surface area contributed by atoms with Gasteiger partial charge in [-0.2, -0.15) is 17.6 Å². The lowest BCUT2D eigenvalue weighted by atomic mass is 9.97. The van der Waals surface area contributed by atoms with E-state index in [0.29, 0.717) is 0 Å². The van der Waals surface area contributed by atoms with Crippen LogP contribution >= 0.6 is 0 Å². The predicted molar refractivity (Wildman–Crippen MR) is 163 cm³/mol. The van der Waals surface area contributed by atoms with E-state index in [1.807, 2.05) is 0 Å². The van der Waals surface area contributed by atoms with Crippen molar-refractivity contribution in [2.75, 3.05) is 26.2 Å². The first-order valence-corrected chi connectivity index (χ1v) is 18.2. The van der Waals surface area contributed by atoms with E-state index in [4.69, 9.17) is 4.74 Å². The molecule has 2 aliphatic rings. The van der Waals surface area contributed by atoms with E-state index in [1.54, 1.807) is 20.8 Å². The van der Waals surface area contributed by atoms with Gasteiger partial charge >= 0.3 is 16.6 Å². The molecule has 0 atom stereocenters. The first kappa shape index (κ1) is 40.4. The molecular weight excluding hydrogens is 712 g/mol. The minimum Gasteiger partial charge on any atom is -0.444 e. The molecule has 8 nitrogen and oxygen atoms in total. The van der Waals surface area contributed by atoms with E-state index in [0.717, 1.165) is 42.5 Å². The van der Waals surface area contributed by atoms with Gasteiger partial charge in [-0.1, -0.05) is 36.4 Å². The fourth-order valence-corrected chi connectivity index (χ4v) is 8.81. The van der Waals surface area contributed by atoms with Crippen LogP contribution in [0.5, 0.6) is 0 Å². The van der Waals surface area contributed by atoms with Gasteiger partial charge in [-0.3, -0.25) is 0 Å². The third-order valence-electron chi connectivity index (χ3n) is 8.04. The van der Waals surface area contributed by atoms with Crippen molar-refractivity contribution in [1.29, 1.82) is 0 Å². The fourth-order valence-electron chi connectivity index (χ4n) is 5.43. The highest BCUT2D eigenvalue weighted by Crippen LogP contribution is 2.44. The zero-order chi connectivity index (χ0) is 37.0. The molecule has 1 N–H and O–H groups in total. The number of nitrogens with zero attached hydrogens (tertiary/aromatic N) is 1. The van der Waals surface area contributed by atoms with E-state index in [9.17, 15) is 56.8 Å². The number of amides is 1. The second kappa shape index (κ2) is 15.5. The van der Waals surface area contributed by atoms with Crippen LogP contribution in [0.3, 0.4) is 0 Å². The molecule has 2 fully saturated rings. The molecule has 0 bridgehead atoms. The van der Waals surface area contributed by atoms with Gasteiger partial charge in [0.25, 0.3) is 12.9 Å². The predicted octanol–water partition coefficient (Wildman–Crippen LogP) is 7.63. The van der Waals surface area contributed by atoms with Crippen molar-refractivity contribution < 1.29 is 61.5 Å². The molecular formula is C31H38F8N2O6S2. The normalized spacial score (nSPS) is 17.5. The number of rotatable bonds is 8. The lowest BCUT2D eigenvalue weighted by molar-refractivity contribution is -0.0179. The Balaban J connectivity index is 0.000000276. The number of sulfone groups is 2. The molecule has 2 aliphatic heterocycles. The Labute approximate surface area is 280 Å². The molecule has 2 aromatic carbocycles. The molecule has 2 aromatic rings. The topological polar surface area (TPSA) is 110 Å². The molecule has 0 saturated carbocycles. The summed E-state index contributed by atoms with van der Waals surface area (Å²) in [6.07, 6.45) is -7.59. The lowest BCUT2D eigenvalue weighted by Gasteiger charge is -2.36. The van der Waals surface area contributed by atoms with Crippen LogP contribution in [0.1, 0.15) is 70.4 Å². The van der Waals surface area contributed by atoms with Crippen molar-refractivity contribution in [2.45, 2.75) is 85.2 Å². The quantitative estimate of drug-likeness (QED) is 0.277. The van der Waals surface area contributed by atoms with Gasteiger partial charge in [0, 0.05) is 36.1 Å². The molecule has 0 aromatic heterocycles. The minimum absolute atomic E-state index is 0.0108. The molecule has 2 heterocycles. The third kappa shape index (κ3) is 9.03. The summed E-state index contributed by atoms with van der Waals surface area (Å²) in [7, 11) is -10.5. The maximum absolute atomic E-state index is 14.8. The summed E-state index contributed by atoms with van der Waals surface area (Å²) in [5.74, 6) is -2.96. The molecule has 1 amide bonds. The first-order chi connectivity index (χ1) is 22.6. The van der Waals surface area contributed by atoms with Gasteiger partial charge in [0.05, 0.1) is 9.79 Å². The summed E-state index contributed by atoms with van der Waals surface area (Å²) in [6, 6.07) is 7.90. The van der Waals surface area contributed by atoms with E-state index in [2.05, 4.69) is 5.32 Å². The summed E-state index contributed by atoms with van der Waals surface area (Å²) in [6.45, 7) is 5.34. The van der Waals surface area contributed by atoms with Crippen LogP contribution in [0.4, 0.5) is 39.9 Å². The standard InChI is InChI=1S/C18H23F4NO4S.C13H15F4NO2S/c1-17(2,3)27-16(24)23-10-8-12(9-11-23)18(21,22)28(25,26)14-7-5-4-6-13(14)15(19)20;14-12(15)10-3-1-2-4-11(10)21(19,20)13(16,17)9-5-7-18-8-6-9/h4-7,12,15H,8-11H2,1-3H3;1-4,9,12,18H,5-8H2. The van der Waals surface area contributed by atoms with Crippen molar-refractivity contribution in [1.82, 2.24) is 10.2 Å². The van der Waals surface area contributed by atoms with Crippen molar-refractivity contribution in [3.05, 3.63) is 59.7 Å². The Morgan fingerprint density at radius 2 is 1.08 bits per heavy atom. The maximum atomic E-state index is 14.8. The molecule has 276 valence electrons. The average molecular weight is 751 g/mol. The molecule has 0 aliphatic carbocycles. The molecule has 0 spiro atoms. The Morgan fingerprint density at radius 3 is 1.45 bits per heavy atom. The highest BCUT2D eigenvalue weighted by Gasteiger charge is 2.55. The SMILES string of the molecule is CC(C)(C)OC(=O)N1CCC(C(F)(F)S(=O)(=O)c2ccccc2C(F)F)CC1.O=S(=O)(c1ccccc1C(F)F)C(F)(F)C1CCNCC1. The number of benzene rings is 2. The Kier molecular flexibility index (Phi) is 12.8. The number of carbonyl (C=O) groups is 1. The van der Waals surface area contributed by atoms with Gasteiger partial charge in [0.15, 0.2) is 0 Å². The molecule has 0 radical (unpaired) electrons. The second-order valence-corrected chi connectivity index (χ2v) is 16.6. The monoisotopic (exact) mass is 750 g/mol. The highest BCUT2D eigenvalue weighted by atomic mass is 32.2. The number of ether oxygens (including phenoxy) is 1. The summed E-state index contributed by atoms with van der Waals surface area (Å²) in [5.41, 5.74) is -2.58. The van der Waals surface area contributed by atoms with Crippen LogP contribution in [-0.4, -0.2) is 70.1 Å². The average Bonchev–Trinajstić information content (AvgIpc) is 3.04. The zero-order valence-electron chi connectivity index (χ0n) is 26.8. The maximum Gasteiger partial charge on any atom is 0.410 e. The van der Waals surface area contributed by atoms with E-state index >= 15 is 0 Å². The zero-order valence-corrected chi connectivity index (χ0v) is 28.5. The number of likely N-dealkylation sites (tertiary alicyclic amines) is 1. The number of piperidine rings is 2. The molecule has 49 heavy (non-hydrogen) atoms. The van der Waals surface area contributed by atoms with Crippen LogP contribution in [0.2, 0.25) is 0 Å². The first-order valence-electron chi connectivity index (χ1n) is 15.2. The van der Waals surface area contributed by atoms with Gasteiger partial charge in [-0.15, -0.1) is 0 Å². The number of carbonyl (C=O) groups excluding carboxylic acids is 1. The van der Waals surface area contributed by atoms with Gasteiger partial charge in [-0.25, -0.2) is 39.2 Å². The van der Waals surface area contributed by atoms with Gasteiger partial charge in [0.1, 0.15) is 5.60 Å². The molecule has 4 rings (SSSR count). The molecule has 0 unspecified atom stereocenters. The van der Waals surface area contributed by atoms with Crippen LogP contribution in [0, 0.1) is 11.8 Å². The summed E-state index contributed by atoms with van der Waals surface area (Å²) in [4.78, 5) is 11.2. The van der Waals surface area contributed by atoms with Gasteiger partial charge in [-0.05, 0) is 71.7 Å². The Bertz CT molecular complexity index is 1650. The van der Waals surface area contributed by atoms with Crippen LogP contribution < -0.4 is 5.32 Å². The highest BCUT2D eigenvalue weighted by molar-refractivity contribution is 7.92. The number of halogens is 8. The van der Waals surface area contributed by atoms with Crippen molar-refractivity contribution in [3.8, 4) is 0 Å². The third-order valence-corrected chi connectivity index (χ3v) is 12.0. The number of hydrogen-bond acceptors (Lipinski definition) is 7. The molecule has 2 saturated heterocycles. The van der Waals surface area contributed by atoms with Crippen LogP contribution in [0.25, 0.3) is 0 Å². The van der Waals surface area contributed by atoms with Crippen molar-refractivity contribution >= 4 is 25.8 Å². The number of alkyl halides is 8.